The molecule has 0 saturated heterocycles. The second kappa shape index (κ2) is 4.54. The molecule has 0 amide bonds. The van der Waals surface area contributed by atoms with Crippen LogP contribution in [0.15, 0.2) is 0 Å². The van der Waals surface area contributed by atoms with Crippen LogP contribution in [0.5, 0.6) is 0 Å². The van der Waals surface area contributed by atoms with Gasteiger partial charge in [0.1, 0.15) is 0 Å². The van der Waals surface area contributed by atoms with Gasteiger partial charge in [-0.2, -0.15) is 22.5 Å². The number of nitrogens with one attached hydrogen (secondary N) is 1. The molecule has 1 heterocycles. The molecule has 0 radical (unpaired) electrons. The molecule has 0 spiro atoms. The summed E-state index contributed by atoms with van der Waals surface area (Å²) in [4.78, 5) is 3.33. The molecule has 0 atom stereocenters. The minimum Gasteiger partial charge on any atom is -0.377 e. The quantitative estimate of drug-likeness (QED) is 0.897. The number of hydrogen-bond donors (Lipinski definition) is 1. The first-order valence-electron chi connectivity index (χ1n) is 4.44. The van der Waals surface area contributed by atoms with E-state index in [9.17, 15) is 13.2 Å². The van der Waals surface area contributed by atoms with Gasteiger partial charge >= 0.3 is 6.18 Å². The van der Waals surface area contributed by atoms with E-state index in [1.807, 2.05) is 13.8 Å². The van der Waals surface area contributed by atoms with Crippen molar-refractivity contribution in [3.8, 4) is 0 Å². The molecule has 8 heteroatoms. The van der Waals surface area contributed by atoms with Gasteiger partial charge in [-0.3, -0.25) is 0 Å². The molecule has 1 aromatic rings. The first kappa shape index (κ1) is 13.2. The van der Waals surface area contributed by atoms with E-state index in [0.29, 0.717) is 18.1 Å². The summed E-state index contributed by atoms with van der Waals surface area (Å²) in [6.07, 6.45) is -4.49. The van der Waals surface area contributed by atoms with Gasteiger partial charge in [0.2, 0.25) is 11.0 Å². The topological polar surface area (TPSA) is 47.0 Å². The third-order valence-corrected chi connectivity index (χ3v) is 2.57. The summed E-state index contributed by atoms with van der Waals surface area (Å²) in [6.45, 7) is 3.98. The Hall–Kier alpha value is -0.890. The Bertz CT molecular complexity index is 351. The Morgan fingerprint density at radius 3 is 2.44 bits per heavy atom. The van der Waals surface area contributed by atoms with Crippen LogP contribution in [0.4, 0.5) is 18.3 Å². The van der Waals surface area contributed by atoms with Crippen LogP contribution in [0.2, 0.25) is 0 Å². The molecule has 1 rings (SSSR count). The van der Waals surface area contributed by atoms with Gasteiger partial charge in [0, 0.05) is 25.2 Å². The summed E-state index contributed by atoms with van der Waals surface area (Å²) in [5, 5.41) is 2.88. The van der Waals surface area contributed by atoms with Crippen LogP contribution in [-0.2, 0) is 10.9 Å². The van der Waals surface area contributed by atoms with E-state index in [-0.39, 0.29) is 5.13 Å². The summed E-state index contributed by atoms with van der Waals surface area (Å²) in [6, 6.07) is 0. The Labute approximate surface area is 95.0 Å². The van der Waals surface area contributed by atoms with Gasteiger partial charge in [0.25, 0.3) is 0 Å². The van der Waals surface area contributed by atoms with Crippen LogP contribution in [-0.4, -0.2) is 28.6 Å². The molecule has 0 aliphatic carbocycles. The first-order valence-corrected chi connectivity index (χ1v) is 5.22. The summed E-state index contributed by atoms with van der Waals surface area (Å²) < 4.78 is 44.8. The van der Waals surface area contributed by atoms with Gasteiger partial charge in [-0.15, -0.1) is 0 Å². The zero-order valence-electron chi connectivity index (χ0n) is 9.05. The molecule has 0 unspecified atom stereocenters. The fourth-order valence-electron chi connectivity index (χ4n) is 0.771. The van der Waals surface area contributed by atoms with Crippen LogP contribution in [0.1, 0.15) is 19.7 Å². The number of hydrogen-bond acceptors (Lipinski definition) is 5. The van der Waals surface area contributed by atoms with Crippen molar-refractivity contribution in [3.63, 3.8) is 0 Å². The predicted octanol–water partition coefficient (Wildman–Crippen LogP) is 2.39. The number of alkyl halides is 3. The molecule has 1 N–H and O–H groups in total. The second-order valence-corrected chi connectivity index (χ2v) is 4.49. The zero-order chi connectivity index (χ0) is 12.4. The van der Waals surface area contributed by atoms with E-state index in [1.54, 1.807) is 0 Å². The van der Waals surface area contributed by atoms with E-state index >= 15 is 0 Å². The lowest BCUT2D eigenvalue weighted by Crippen LogP contribution is -2.32. The minimum atomic E-state index is -4.49. The van der Waals surface area contributed by atoms with Gasteiger partial charge in [-0.1, -0.05) is 0 Å². The maximum Gasteiger partial charge on any atom is 0.452 e. The van der Waals surface area contributed by atoms with E-state index in [1.165, 1.54) is 7.11 Å². The maximum atomic E-state index is 12.2. The fraction of sp³-hybridized carbons (Fsp3) is 0.750. The molecule has 0 aliphatic rings. The number of ether oxygens (including phenoxy) is 1. The minimum absolute atomic E-state index is 0.137. The number of anilines is 1. The molecule has 0 saturated carbocycles. The van der Waals surface area contributed by atoms with Crippen LogP contribution in [0, 0.1) is 0 Å². The fourth-order valence-corrected chi connectivity index (χ4v) is 1.35. The molecule has 92 valence electrons. The summed E-state index contributed by atoms with van der Waals surface area (Å²) >= 11 is 0.680. The summed E-state index contributed by atoms with van der Waals surface area (Å²) in [5.41, 5.74) is -0.468. The highest BCUT2D eigenvalue weighted by Crippen LogP contribution is 2.29. The standard InChI is InChI=1S/C8H12F3N3OS/c1-7(2,15-3)4-12-6-13-5(14-16-6)8(9,10)11/h4H2,1-3H3,(H,12,13,14). The average Bonchev–Trinajstić information content (AvgIpc) is 2.63. The average molecular weight is 255 g/mol. The van der Waals surface area contributed by atoms with Gasteiger partial charge < -0.3 is 10.1 Å². The molecule has 1 aromatic heterocycles. The number of nitrogens with zero attached hydrogens (tertiary/aromatic N) is 2. The molecular weight excluding hydrogens is 243 g/mol. The number of halogens is 3. The molecule has 0 bridgehead atoms. The van der Waals surface area contributed by atoms with Gasteiger partial charge in [0.15, 0.2) is 0 Å². The van der Waals surface area contributed by atoms with Gasteiger partial charge in [0.05, 0.1) is 5.60 Å². The normalized spacial score (nSPS) is 12.9. The maximum absolute atomic E-state index is 12.2. The molecular formula is C8H12F3N3OS. The molecule has 4 nitrogen and oxygen atoms in total. The third kappa shape index (κ3) is 3.60. The van der Waals surface area contributed by atoms with Crippen molar-refractivity contribution in [1.29, 1.82) is 0 Å². The molecule has 16 heavy (non-hydrogen) atoms. The van der Waals surface area contributed by atoms with E-state index in [2.05, 4.69) is 14.7 Å². The lowest BCUT2D eigenvalue weighted by molar-refractivity contribution is -0.144. The largest absolute Gasteiger partial charge is 0.452 e. The van der Waals surface area contributed by atoms with Crippen LogP contribution >= 0.6 is 11.5 Å². The van der Waals surface area contributed by atoms with Crippen LogP contribution < -0.4 is 5.32 Å². The predicted molar refractivity (Wildman–Crippen MR) is 54.5 cm³/mol. The highest BCUT2D eigenvalue weighted by Gasteiger charge is 2.36. The highest BCUT2D eigenvalue weighted by atomic mass is 32.1. The first-order chi connectivity index (χ1) is 7.24. The van der Waals surface area contributed by atoms with E-state index < -0.39 is 17.6 Å². The van der Waals surface area contributed by atoms with Crippen molar-refractivity contribution in [2.24, 2.45) is 0 Å². The smallest absolute Gasteiger partial charge is 0.377 e. The van der Waals surface area contributed by atoms with Gasteiger partial charge in [-0.25, -0.2) is 0 Å². The van der Waals surface area contributed by atoms with Crippen LogP contribution in [0.3, 0.4) is 0 Å². The summed E-state index contributed by atoms with van der Waals surface area (Å²) in [7, 11) is 1.53. The van der Waals surface area contributed by atoms with Crippen molar-refractivity contribution in [1.82, 2.24) is 9.36 Å². The van der Waals surface area contributed by atoms with E-state index in [0.717, 1.165) is 0 Å². The Morgan fingerprint density at radius 1 is 1.38 bits per heavy atom. The van der Waals surface area contributed by atoms with Crippen molar-refractivity contribution in [3.05, 3.63) is 5.82 Å². The van der Waals surface area contributed by atoms with E-state index in [4.69, 9.17) is 4.74 Å². The van der Waals surface area contributed by atoms with Gasteiger partial charge in [-0.05, 0) is 13.8 Å². The molecule has 0 aromatic carbocycles. The lowest BCUT2D eigenvalue weighted by Gasteiger charge is -2.22. The monoisotopic (exact) mass is 255 g/mol. The molecule has 0 fully saturated rings. The Morgan fingerprint density at radius 2 is 2.00 bits per heavy atom. The lowest BCUT2D eigenvalue weighted by atomic mass is 10.1. The molecule has 0 aliphatic heterocycles. The summed E-state index contributed by atoms with van der Waals surface area (Å²) in [5.74, 6) is -1.12. The zero-order valence-corrected chi connectivity index (χ0v) is 9.87. The van der Waals surface area contributed by atoms with Crippen molar-refractivity contribution in [2.75, 3.05) is 19.0 Å². The highest BCUT2D eigenvalue weighted by molar-refractivity contribution is 7.09. The van der Waals surface area contributed by atoms with Crippen molar-refractivity contribution in [2.45, 2.75) is 25.6 Å². The Kier molecular flexibility index (Phi) is 3.74. The Balaban J connectivity index is 2.60. The second-order valence-electron chi connectivity index (χ2n) is 3.74. The number of aromatic nitrogens is 2. The van der Waals surface area contributed by atoms with Crippen molar-refractivity contribution >= 4 is 16.7 Å². The number of methoxy groups -OCH3 is 1. The third-order valence-electron chi connectivity index (χ3n) is 1.90. The SMILES string of the molecule is COC(C)(C)CNc1nc(C(F)(F)F)ns1. The van der Waals surface area contributed by atoms with Crippen LogP contribution in [0.25, 0.3) is 0 Å². The van der Waals surface area contributed by atoms with Crippen molar-refractivity contribution < 1.29 is 17.9 Å². The number of rotatable bonds is 4.